The molecule has 0 atom stereocenters. The highest BCUT2D eigenvalue weighted by molar-refractivity contribution is 7.99. The van der Waals surface area contributed by atoms with Crippen LogP contribution in [0.4, 0.5) is 5.69 Å². The Labute approximate surface area is 177 Å². The summed E-state index contributed by atoms with van der Waals surface area (Å²) in [5.74, 6) is 1.04. The number of carbonyl (C=O) groups is 1. The van der Waals surface area contributed by atoms with Crippen molar-refractivity contribution in [3.05, 3.63) is 65.9 Å². The fourth-order valence-corrected chi connectivity index (χ4v) is 4.64. The minimum atomic E-state index is 0.149. The van der Waals surface area contributed by atoms with Gasteiger partial charge in [0.15, 0.2) is 5.16 Å². The summed E-state index contributed by atoms with van der Waals surface area (Å²) in [6, 6.07) is 16.7. The van der Waals surface area contributed by atoms with Gasteiger partial charge in [0.25, 0.3) is 0 Å². The Morgan fingerprint density at radius 2 is 1.90 bits per heavy atom. The lowest BCUT2D eigenvalue weighted by Gasteiger charge is -2.18. The molecule has 0 radical (unpaired) electrons. The van der Waals surface area contributed by atoms with E-state index >= 15 is 0 Å². The van der Waals surface area contributed by atoms with Crippen molar-refractivity contribution in [1.29, 1.82) is 0 Å². The minimum Gasteiger partial charge on any atom is -0.319 e. The second kappa shape index (κ2) is 8.46. The summed E-state index contributed by atoms with van der Waals surface area (Å²) in [6.07, 6.45) is 2.87. The van der Waals surface area contributed by atoms with Crippen LogP contribution in [-0.2, 0) is 17.8 Å². The molecular weight excluding hydrogens is 378 g/mol. The summed E-state index contributed by atoms with van der Waals surface area (Å²) in [6.45, 7) is 8.16. The van der Waals surface area contributed by atoms with Crippen LogP contribution in [0.5, 0.6) is 0 Å². The molecule has 2 heterocycles. The van der Waals surface area contributed by atoms with Crippen LogP contribution in [0, 0.1) is 12.8 Å². The Bertz CT molecular complexity index is 1010. The summed E-state index contributed by atoms with van der Waals surface area (Å²) in [5, 5.41) is 0.912. The van der Waals surface area contributed by atoms with E-state index in [4.69, 9.17) is 0 Å². The standard InChI is InChI=1S/C24H27N3OS/c1-17(2)15-27-22(20-10-8-18(3)9-11-20)14-25-24(27)29-16-23(28)26-13-12-19-6-4-5-7-21(19)26/h4-11,14,17H,12-13,15-16H2,1-3H3. The van der Waals surface area contributed by atoms with Crippen LogP contribution < -0.4 is 4.90 Å². The van der Waals surface area contributed by atoms with Crippen molar-refractivity contribution in [3.8, 4) is 11.3 Å². The Balaban J connectivity index is 1.53. The maximum absolute atomic E-state index is 12.9. The quantitative estimate of drug-likeness (QED) is 0.529. The number of thioether (sulfide) groups is 1. The fourth-order valence-electron chi connectivity index (χ4n) is 3.77. The molecule has 1 aromatic heterocycles. The van der Waals surface area contributed by atoms with E-state index in [0.29, 0.717) is 11.7 Å². The predicted molar refractivity (Wildman–Crippen MR) is 120 cm³/mol. The third kappa shape index (κ3) is 4.25. The van der Waals surface area contributed by atoms with Crippen LogP contribution in [0.25, 0.3) is 11.3 Å². The normalized spacial score (nSPS) is 13.2. The lowest BCUT2D eigenvalue weighted by atomic mass is 10.1. The average molecular weight is 406 g/mol. The minimum absolute atomic E-state index is 0.149. The number of amides is 1. The molecule has 0 spiro atoms. The Morgan fingerprint density at radius 1 is 1.14 bits per heavy atom. The molecule has 0 aliphatic carbocycles. The molecule has 0 fully saturated rings. The average Bonchev–Trinajstić information content (AvgIpc) is 3.31. The first-order valence-corrected chi connectivity index (χ1v) is 11.1. The lowest BCUT2D eigenvalue weighted by molar-refractivity contribution is -0.116. The first-order valence-electron chi connectivity index (χ1n) is 10.2. The maximum atomic E-state index is 12.9. The largest absolute Gasteiger partial charge is 0.319 e. The van der Waals surface area contributed by atoms with E-state index < -0.39 is 0 Å². The zero-order valence-corrected chi connectivity index (χ0v) is 18.1. The van der Waals surface area contributed by atoms with Gasteiger partial charge >= 0.3 is 0 Å². The van der Waals surface area contributed by atoms with Gasteiger partial charge in [-0.05, 0) is 36.5 Å². The second-order valence-corrected chi connectivity index (χ2v) is 8.95. The van der Waals surface area contributed by atoms with E-state index in [1.165, 1.54) is 22.9 Å². The SMILES string of the molecule is Cc1ccc(-c2cnc(SCC(=O)N3CCc4ccccc43)n2CC(C)C)cc1. The Morgan fingerprint density at radius 3 is 2.66 bits per heavy atom. The third-order valence-corrected chi connectivity index (χ3v) is 6.20. The summed E-state index contributed by atoms with van der Waals surface area (Å²) < 4.78 is 2.26. The van der Waals surface area contributed by atoms with Crippen LogP contribution in [0.1, 0.15) is 25.0 Å². The lowest BCUT2D eigenvalue weighted by Crippen LogP contribution is -2.30. The van der Waals surface area contributed by atoms with E-state index in [1.807, 2.05) is 29.3 Å². The number of hydrogen-bond donors (Lipinski definition) is 0. The van der Waals surface area contributed by atoms with Crippen LogP contribution in [0.2, 0.25) is 0 Å². The van der Waals surface area contributed by atoms with E-state index in [9.17, 15) is 4.79 Å². The number of imidazole rings is 1. The number of carbonyl (C=O) groups excluding carboxylic acids is 1. The molecule has 2 aromatic carbocycles. The Hall–Kier alpha value is -2.53. The molecule has 3 aromatic rings. The fraction of sp³-hybridized carbons (Fsp3) is 0.333. The maximum Gasteiger partial charge on any atom is 0.237 e. The summed E-state index contributed by atoms with van der Waals surface area (Å²) in [5.41, 5.74) is 5.84. The number of aryl methyl sites for hydroxylation is 1. The number of aromatic nitrogens is 2. The van der Waals surface area contributed by atoms with Gasteiger partial charge in [0, 0.05) is 18.8 Å². The number of nitrogens with zero attached hydrogens (tertiary/aromatic N) is 3. The van der Waals surface area contributed by atoms with Gasteiger partial charge < -0.3 is 9.47 Å². The smallest absolute Gasteiger partial charge is 0.237 e. The van der Waals surface area contributed by atoms with E-state index in [2.05, 4.69) is 60.7 Å². The molecule has 1 amide bonds. The zero-order chi connectivity index (χ0) is 20.4. The molecule has 0 saturated heterocycles. The molecule has 5 heteroatoms. The van der Waals surface area contributed by atoms with Crippen LogP contribution in [0.3, 0.4) is 0 Å². The van der Waals surface area contributed by atoms with Crippen molar-refractivity contribution in [3.63, 3.8) is 0 Å². The number of rotatable bonds is 6. The van der Waals surface area contributed by atoms with Gasteiger partial charge in [-0.1, -0.05) is 73.6 Å². The van der Waals surface area contributed by atoms with Crippen molar-refractivity contribution in [2.24, 2.45) is 5.92 Å². The van der Waals surface area contributed by atoms with Crippen LogP contribution in [-0.4, -0.2) is 27.8 Å². The molecule has 29 heavy (non-hydrogen) atoms. The molecule has 4 rings (SSSR count). The molecule has 1 aliphatic heterocycles. The Kier molecular flexibility index (Phi) is 5.76. The number of anilines is 1. The molecule has 1 aliphatic rings. The van der Waals surface area contributed by atoms with Gasteiger partial charge in [-0.3, -0.25) is 4.79 Å². The molecule has 0 saturated carbocycles. The van der Waals surface area contributed by atoms with Gasteiger partial charge in [-0.15, -0.1) is 0 Å². The molecule has 0 bridgehead atoms. The molecule has 4 nitrogen and oxygen atoms in total. The van der Waals surface area contributed by atoms with Crippen molar-refractivity contribution >= 4 is 23.4 Å². The van der Waals surface area contributed by atoms with Crippen molar-refractivity contribution in [2.45, 2.75) is 38.9 Å². The van der Waals surface area contributed by atoms with E-state index in [1.54, 1.807) is 0 Å². The highest BCUT2D eigenvalue weighted by atomic mass is 32.2. The van der Waals surface area contributed by atoms with Gasteiger partial charge in [-0.25, -0.2) is 4.98 Å². The topological polar surface area (TPSA) is 38.1 Å². The monoisotopic (exact) mass is 405 g/mol. The number of hydrogen-bond acceptors (Lipinski definition) is 3. The number of fused-ring (bicyclic) bond motifs is 1. The molecule has 150 valence electrons. The van der Waals surface area contributed by atoms with Gasteiger partial charge in [0.2, 0.25) is 5.91 Å². The van der Waals surface area contributed by atoms with E-state index in [0.717, 1.165) is 41.6 Å². The molecular formula is C24H27N3OS. The van der Waals surface area contributed by atoms with Crippen molar-refractivity contribution in [2.75, 3.05) is 17.2 Å². The predicted octanol–water partition coefficient (Wildman–Crippen LogP) is 5.20. The van der Waals surface area contributed by atoms with E-state index in [-0.39, 0.29) is 5.91 Å². The number of benzene rings is 2. The van der Waals surface area contributed by atoms with Gasteiger partial charge in [0.1, 0.15) is 0 Å². The van der Waals surface area contributed by atoms with Crippen LogP contribution >= 0.6 is 11.8 Å². The highest BCUT2D eigenvalue weighted by Gasteiger charge is 2.24. The number of para-hydroxylation sites is 1. The molecule has 0 N–H and O–H groups in total. The first kappa shape index (κ1) is 19.8. The summed E-state index contributed by atoms with van der Waals surface area (Å²) in [7, 11) is 0. The van der Waals surface area contributed by atoms with Gasteiger partial charge in [0.05, 0.1) is 17.6 Å². The highest BCUT2D eigenvalue weighted by Crippen LogP contribution is 2.30. The second-order valence-electron chi connectivity index (χ2n) is 8.01. The summed E-state index contributed by atoms with van der Waals surface area (Å²) >= 11 is 1.54. The zero-order valence-electron chi connectivity index (χ0n) is 17.3. The first-order chi connectivity index (χ1) is 14.0. The van der Waals surface area contributed by atoms with Crippen molar-refractivity contribution in [1.82, 2.24) is 9.55 Å². The summed E-state index contributed by atoms with van der Waals surface area (Å²) in [4.78, 5) is 19.5. The van der Waals surface area contributed by atoms with Gasteiger partial charge in [-0.2, -0.15) is 0 Å². The van der Waals surface area contributed by atoms with Crippen molar-refractivity contribution < 1.29 is 4.79 Å². The third-order valence-electron chi connectivity index (χ3n) is 5.23. The van der Waals surface area contributed by atoms with Crippen LogP contribution in [0.15, 0.2) is 59.9 Å². The molecule has 0 unspecified atom stereocenters.